The van der Waals surface area contributed by atoms with E-state index < -0.39 is 0 Å². The molecule has 0 unspecified atom stereocenters. The van der Waals surface area contributed by atoms with Crippen molar-refractivity contribution in [1.82, 2.24) is 4.57 Å². The fraction of sp³-hybridized carbons (Fsp3) is 0.0882. The predicted octanol–water partition coefficient (Wildman–Crippen LogP) is 8.57. The molecule has 0 bridgehead atoms. The molecule has 0 aliphatic carbocycles. The van der Waals surface area contributed by atoms with Crippen LogP contribution in [0, 0.1) is 0 Å². The zero-order valence-electron chi connectivity index (χ0n) is 21.2. The Morgan fingerprint density at radius 2 is 1.30 bits per heavy atom. The fourth-order valence-corrected chi connectivity index (χ4v) is 5.49. The number of hydrogen-bond donors (Lipinski definition) is 0. The number of para-hydroxylation sites is 2. The summed E-state index contributed by atoms with van der Waals surface area (Å²) < 4.78 is 7.80. The van der Waals surface area contributed by atoms with Crippen molar-refractivity contribution in [3.63, 3.8) is 0 Å². The molecule has 0 amide bonds. The van der Waals surface area contributed by atoms with Crippen molar-refractivity contribution >= 4 is 43.9 Å². The van der Waals surface area contributed by atoms with Gasteiger partial charge in [0.15, 0.2) is 5.78 Å². The number of methoxy groups -OCH3 is 1. The van der Waals surface area contributed by atoms with E-state index in [0.29, 0.717) is 11.3 Å². The highest BCUT2D eigenvalue weighted by atomic mass is 16.5. The van der Waals surface area contributed by atoms with Crippen molar-refractivity contribution in [2.45, 2.75) is 13.8 Å². The third-order valence-electron chi connectivity index (χ3n) is 7.20. The number of rotatable bonds is 5. The predicted molar refractivity (Wildman–Crippen MR) is 154 cm³/mol. The largest absolute Gasteiger partial charge is 0.501 e. The van der Waals surface area contributed by atoms with Gasteiger partial charge in [-0.05, 0) is 71.6 Å². The lowest BCUT2D eigenvalue weighted by Crippen LogP contribution is -2.02. The van der Waals surface area contributed by atoms with Crippen molar-refractivity contribution in [2.75, 3.05) is 7.11 Å². The minimum Gasteiger partial charge on any atom is -0.501 e. The Balaban J connectivity index is 1.61. The van der Waals surface area contributed by atoms with Crippen LogP contribution in [0.4, 0.5) is 0 Å². The molecule has 6 rings (SSSR count). The summed E-state index contributed by atoms with van der Waals surface area (Å²) in [6.07, 6.45) is 0. The van der Waals surface area contributed by atoms with Crippen LogP contribution < -0.4 is 0 Å². The van der Waals surface area contributed by atoms with Gasteiger partial charge in [0, 0.05) is 16.5 Å². The van der Waals surface area contributed by atoms with Crippen molar-refractivity contribution < 1.29 is 9.53 Å². The van der Waals surface area contributed by atoms with E-state index in [1.807, 2.05) is 25.1 Å². The maximum atomic E-state index is 12.6. The number of fused-ring (bicyclic) bond motifs is 4. The summed E-state index contributed by atoms with van der Waals surface area (Å²) in [5.74, 6) is 0.618. The lowest BCUT2D eigenvalue weighted by Gasteiger charge is -2.15. The van der Waals surface area contributed by atoms with E-state index in [1.165, 1.54) is 21.8 Å². The van der Waals surface area contributed by atoms with Gasteiger partial charge in [-0.15, -0.1) is 0 Å². The van der Waals surface area contributed by atoms with Crippen LogP contribution in [0.5, 0.6) is 0 Å². The first-order chi connectivity index (χ1) is 18.1. The average Bonchev–Trinajstić information content (AvgIpc) is 3.27. The van der Waals surface area contributed by atoms with Crippen LogP contribution in [-0.2, 0) is 9.53 Å². The molecule has 1 heterocycles. The molecule has 6 aromatic rings. The number of allylic oxidation sites excluding steroid dienone is 2. The Labute approximate surface area is 216 Å². The summed E-state index contributed by atoms with van der Waals surface area (Å²) in [5.41, 5.74) is 7.30. The zero-order chi connectivity index (χ0) is 25.5. The number of ether oxygens (including phenoxy) is 1. The molecule has 0 spiro atoms. The van der Waals surface area contributed by atoms with Gasteiger partial charge in [0.05, 0.1) is 23.7 Å². The first-order valence-corrected chi connectivity index (χ1v) is 12.5. The summed E-state index contributed by atoms with van der Waals surface area (Å²) >= 11 is 0. The van der Waals surface area contributed by atoms with Gasteiger partial charge in [-0.3, -0.25) is 4.79 Å². The first kappa shape index (κ1) is 22.8. The molecule has 0 aliphatic heterocycles. The third-order valence-corrected chi connectivity index (χ3v) is 7.20. The third kappa shape index (κ3) is 3.71. The van der Waals surface area contributed by atoms with Crippen LogP contribution in [0.25, 0.3) is 55.0 Å². The molecule has 0 atom stereocenters. The topological polar surface area (TPSA) is 31.2 Å². The van der Waals surface area contributed by atoms with Gasteiger partial charge in [0.25, 0.3) is 0 Å². The summed E-state index contributed by atoms with van der Waals surface area (Å²) in [7, 11) is 1.61. The summed E-state index contributed by atoms with van der Waals surface area (Å²) in [6, 6.07) is 38.2. The van der Waals surface area contributed by atoms with Crippen molar-refractivity contribution in [1.29, 1.82) is 0 Å². The van der Waals surface area contributed by atoms with Gasteiger partial charge in [0.2, 0.25) is 0 Å². The second-order valence-electron chi connectivity index (χ2n) is 9.32. The Hall–Kier alpha value is -4.63. The molecule has 37 heavy (non-hydrogen) atoms. The van der Waals surface area contributed by atoms with Crippen molar-refractivity contribution in [3.05, 3.63) is 121 Å². The molecule has 1 aromatic heterocycles. The maximum Gasteiger partial charge on any atom is 0.163 e. The minimum absolute atomic E-state index is 0.00704. The fourth-order valence-electron chi connectivity index (χ4n) is 5.49. The molecule has 5 aromatic carbocycles. The summed E-state index contributed by atoms with van der Waals surface area (Å²) in [5, 5.41) is 4.58. The lowest BCUT2D eigenvalue weighted by molar-refractivity contribution is -0.111. The molecule has 0 radical (unpaired) electrons. The molecule has 3 nitrogen and oxygen atoms in total. The Morgan fingerprint density at radius 3 is 2.03 bits per heavy atom. The van der Waals surface area contributed by atoms with E-state index in [0.717, 1.165) is 33.2 Å². The van der Waals surface area contributed by atoms with Crippen molar-refractivity contribution in [2.24, 2.45) is 0 Å². The first-order valence-electron chi connectivity index (χ1n) is 12.5. The van der Waals surface area contributed by atoms with Gasteiger partial charge >= 0.3 is 0 Å². The standard InChI is InChI=1S/C34H27NO2/c1-22(36)34(23(2)37-3)30-19-18-26(27-13-7-8-14-28(27)30)24-17-20-33-31(21-24)29-15-9-10-16-32(29)35(33)25-11-5-4-6-12-25/h4-21H,1-3H3/b34-23+. The monoisotopic (exact) mass is 481 g/mol. The van der Waals surface area contributed by atoms with Gasteiger partial charge in [-0.2, -0.15) is 0 Å². The maximum absolute atomic E-state index is 12.6. The molecule has 0 N–H and O–H groups in total. The number of carbonyl (C=O) groups excluding carboxylic acids is 1. The number of benzene rings is 5. The Bertz CT molecular complexity index is 1840. The molecule has 0 fully saturated rings. The van der Waals surface area contributed by atoms with Crippen LogP contribution in [0.2, 0.25) is 0 Å². The van der Waals surface area contributed by atoms with Crippen molar-refractivity contribution in [3.8, 4) is 16.8 Å². The highest BCUT2D eigenvalue weighted by molar-refractivity contribution is 6.24. The SMILES string of the molecule is CO/C(C)=C(\C(C)=O)c1ccc(-c2ccc3c(c2)c2ccccc2n3-c2ccccc2)c2ccccc12. The lowest BCUT2D eigenvalue weighted by atomic mass is 9.90. The summed E-state index contributed by atoms with van der Waals surface area (Å²) in [6.45, 7) is 3.44. The van der Waals surface area contributed by atoms with Gasteiger partial charge in [-0.25, -0.2) is 0 Å². The zero-order valence-corrected chi connectivity index (χ0v) is 21.2. The van der Waals surface area contributed by atoms with Crippen LogP contribution in [0.3, 0.4) is 0 Å². The highest BCUT2D eigenvalue weighted by Crippen LogP contribution is 2.38. The summed E-state index contributed by atoms with van der Waals surface area (Å²) in [4.78, 5) is 12.6. The molecule has 180 valence electrons. The van der Waals surface area contributed by atoms with Gasteiger partial charge in [-0.1, -0.05) is 78.9 Å². The number of hydrogen-bond acceptors (Lipinski definition) is 2. The normalized spacial score (nSPS) is 12.2. The second-order valence-corrected chi connectivity index (χ2v) is 9.32. The van der Waals surface area contributed by atoms with E-state index in [9.17, 15) is 4.79 Å². The number of carbonyl (C=O) groups is 1. The smallest absolute Gasteiger partial charge is 0.163 e. The Kier molecular flexibility index (Phi) is 5.61. The molecule has 0 saturated heterocycles. The Morgan fingerprint density at radius 1 is 0.649 bits per heavy atom. The molecular weight excluding hydrogens is 454 g/mol. The van der Waals surface area contributed by atoms with E-state index >= 15 is 0 Å². The van der Waals surface area contributed by atoms with E-state index in [2.05, 4.69) is 95.6 Å². The number of Topliss-reactive ketones (excluding diaryl/α,β-unsaturated/α-hetero) is 1. The number of aromatic nitrogens is 1. The van der Waals surface area contributed by atoms with Gasteiger partial charge < -0.3 is 9.30 Å². The van der Waals surface area contributed by atoms with Crippen LogP contribution in [-0.4, -0.2) is 17.5 Å². The van der Waals surface area contributed by atoms with E-state index in [-0.39, 0.29) is 5.78 Å². The van der Waals surface area contributed by atoms with E-state index in [1.54, 1.807) is 14.0 Å². The van der Waals surface area contributed by atoms with Gasteiger partial charge in [0.1, 0.15) is 5.76 Å². The van der Waals surface area contributed by atoms with Crippen LogP contribution in [0.15, 0.2) is 115 Å². The van der Waals surface area contributed by atoms with Crippen LogP contribution in [0.1, 0.15) is 19.4 Å². The number of ketones is 1. The highest BCUT2D eigenvalue weighted by Gasteiger charge is 2.18. The number of nitrogens with zero attached hydrogens (tertiary/aromatic N) is 1. The second kappa shape index (κ2) is 9.11. The molecule has 0 aliphatic rings. The van der Waals surface area contributed by atoms with Crippen LogP contribution >= 0.6 is 0 Å². The minimum atomic E-state index is -0.00704. The molecule has 3 heteroatoms. The molecule has 0 saturated carbocycles. The quantitative estimate of drug-likeness (QED) is 0.182. The van der Waals surface area contributed by atoms with E-state index in [4.69, 9.17) is 4.74 Å². The molecular formula is C34H27NO2. The average molecular weight is 482 g/mol.